The second-order valence-electron chi connectivity index (χ2n) is 11.6. The highest BCUT2D eigenvalue weighted by Crippen LogP contribution is 2.64. The maximum atomic E-state index is 6.72. The third kappa shape index (κ3) is 3.53. The number of allylic oxidation sites excluding steroid dienone is 4. The topological polar surface area (TPSA) is 42.8 Å². The third-order valence-corrected chi connectivity index (χ3v) is 9.37. The summed E-state index contributed by atoms with van der Waals surface area (Å²) in [4.78, 5) is 0. The monoisotopic (exact) mass is 556 g/mol. The zero-order valence-corrected chi connectivity index (χ0v) is 23.4. The van der Waals surface area contributed by atoms with Gasteiger partial charge in [-0.05, 0) is 52.6 Å². The van der Waals surface area contributed by atoms with Crippen LogP contribution in [0.25, 0.3) is 11.1 Å². The van der Waals surface area contributed by atoms with E-state index in [1.807, 2.05) is 30.3 Å². The van der Waals surface area contributed by atoms with Crippen LogP contribution in [-0.4, -0.2) is 5.90 Å². The van der Waals surface area contributed by atoms with Crippen molar-refractivity contribution >= 4 is 5.90 Å². The lowest BCUT2D eigenvalue weighted by Gasteiger charge is -2.43. The Kier molecular flexibility index (Phi) is 5.27. The van der Waals surface area contributed by atoms with E-state index in [0.29, 0.717) is 11.8 Å². The third-order valence-electron chi connectivity index (χ3n) is 9.37. The lowest BCUT2D eigenvalue weighted by atomic mass is 9.62. The molecule has 5 aromatic rings. The summed E-state index contributed by atoms with van der Waals surface area (Å²) in [5.41, 5.74) is 12.2. The molecular weight excluding hydrogens is 528 g/mol. The molecule has 4 aliphatic rings. The maximum absolute atomic E-state index is 6.72. The van der Waals surface area contributed by atoms with E-state index >= 15 is 0 Å². The first kappa shape index (κ1) is 24.3. The molecule has 9 rings (SSSR count). The average molecular weight is 557 g/mol. The molecule has 0 saturated carbocycles. The number of para-hydroxylation sites is 1. The Bertz CT molecular complexity index is 1990. The molecule has 4 heteroatoms. The van der Waals surface area contributed by atoms with Crippen molar-refractivity contribution in [2.24, 2.45) is 11.0 Å². The van der Waals surface area contributed by atoms with Crippen molar-refractivity contribution < 1.29 is 9.47 Å². The van der Waals surface area contributed by atoms with Gasteiger partial charge < -0.3 is 9.47 Å². The Hall–Kier alpha value is -5.35. The molecule has 4 unspecified atom stereocenters. The van der Waals surface area contributed by atoms with E-state index in [-0.39, 0.29) is 17.6 Å². The smallest absolute Gasteiger partial charge is 0.240 e. The first-order chi connectivity index (χ1) is 21.3. The second kappa shape index (κ2) is 9.33. The molecule has 4 nitrogen and oxygen atoms in total. The summed E-state index contributed by atoms with van der Waals surface area (Å²) in [7, 11) is 0. The number of hydrogen-bond acceptors (Lipinski definition) is 4. The van der Waals surface area contributed by atoms with Crippen molar-refractivity contribution in [1.82, 2.24) is 5.43 Å². The Labute approximate surface area is 250 Å². The predicted octanol–water partition coefficient (Wildman–Crippen LogP) is 8.61. The van der Waals surface area contributed by atoms with Crippen LogP contribution in [0.3, 0.4) is 0 Å². The Morgan fingerprint density at radius 1 is 0.605 bits per heavy atom. The highest BCUT2D eigenvalue weighted by atomic mass is 16.5. The molecule has 0 aromatic heterocycles. The first-order valence-corrected chi connectivity index (χ1v) is 14.8. The number of fused-ring (bicyclic) bond motifs is 9. The molecule has 43 heavy (non-hydrogen) atoms. The van der Waals surface area contributed by atoms with Crippen LogP contribution in [0, 0.1) is 5.92 Å². The van der Waals surface area contributed by atoms with Crippen LogP contribution in [0.4, 0.5) is 0 Å². The van der Waals surface area contributed by atoms with Crippen LogP contribution >= 0.6 is 0 Å². The lowest BCUT2D eigenvalue weighted by Crippen LogP contribution is -2.37. The fourth-order valence-corrected chi connectivity index (χ4v) is 7.57. The van der Waals surface area contributed by atoms with Crippen LogP contribution in [-0.2, 0) is 10.2 Å². The van der Waals surface area contributed by atoms with Gasteiger partial charge in [-0.2, -0.15) is 0 Å². The number of hydrogen-bond donors (Lipinski definition) is 1. The number of rotatable bonds is 3. The van der Waals surface area contributed by atoms with Gasteiger partial charge in [-0.25, -0.2) is 0 Å². The van der Waals surface area contributed by atoms with Gasteiger partial charge in [0.05, 0.1) is 5.41 Å². The van der Waals surface area contributed by atoms with Crippen molar-refractivity contribution in [2.75, 3.05) is 0 Å². The molecule has 0 amide bonds. The van der Waals surface area contributed by atoms with Gasteiger partial charge >= 0.3 is 0 Å². The maximum Gasteiger partial charge on any atom is 0.240 e. The van der Waals surface area contributed by atoms with Gasteiger partial charge in [-0.1, -0.05) is 115 Å². The quantitative estimate of drug-likeness (QED) is 0.242. The van der Waals surface area contributed by atoms with Gasteiger partial charge in [0.15, 0.2) is 0 Å². The molecule has 0 saturated heterocycles. The fourth-order valence-electron chi connectivity index (χ4n) is 7.57. The summed E-state index contributed by atoms with van der Waals surface area (Å²) in [5, 5.41) is 4.45. The minimum Gasteiger partial charge on any atom is -0.457 e. The molecule has 2 aliphatic heterocycles. The molecule has 2 aliphatic carbocycles. The van der Waals surface area contributed by atoms with E-state index in [1.54, 1.807) is 0 Å². The zero-order valence-electron chi connectivity index (χ0n) is 23.4. The molecule has 4 atom stereocenters. The van der Waals surface area contributed by atoms with Crippen molar-refractivity contribution in [1.29, 1.82) is 0 Å². The van der Waals surface area contributed by atoms with Gasteiger partial charge in [0.1, 0.15) is 11.5 Å². The second-order valence-corrected chi connectivity index (χ2v) is 11.6. The molecular formula is C39H28N2O2. The SMILES string of the molecule is C1=CC2c3ccccc3C3(c4ccccc4Oc4cc(-c5cccc(C6NN=C(c7ccccc7)O6)c5)ccc43)C2C=C1. The molecule has 2 heterocycles. The van der Waals surface area contributed by atoms with Gasteiger partial charge in [0.25, 0.3) is 0 Å². The largest absolute Gasteiger partial charge is 0.457 e. The zero-order chi connectivity index (χ0) is 28.4. The van der Waals surface area contributed by atoms with E-state index in [9.17, 15) is 0 Å². The predicted molar refractivity (Wildman–Crippen MR) is 169 cm³/mol. The average Bonchev–Trinajstić information content (AvgIpc) is 3.68. The summed E-state index contributed by atoms with van der Waals surface area (Å²) in [6, 6.07) is 42.7. The standard InChI is InChI=1S/C39H28N2O2/c1-2-11-25(12-3-1)37-40-41-38(43-37)28-14-10-13-26(23-28)27-21-22-34-36(24-27)42-35-20-9-8-19-33(35)39(34)31-17-6-4-15-29(31)30-16-5-7-18-32(30)39/h1-24,29,31,38,41H. The molecule has 5 aromatic carbocycles. The molecule has 206 valence electrons. The molecule has 0 bridgehead atoms. The van der Waals surface area contributed by atoms with Gasteiger partial charge in [-0.3, -0.25) is 5.43 Å². The summed E-state index contributed by atoms with van der Waals surface area (Å²) >= 11 is 0. The normalized spacial score (nSPS) is 23.7. The van der Waals surface area contributed by atoms with Gasteiger partial charge in [-0.15, -0.1) is 5.10 Å². The van der Waals surface area contributed by atoms with Crippen molar-refractivity contribution in [3.63, 3.8) is 0 Å². The van der Waals surface area contributed by atoms with E-state index in [1.165, 1.54) is 22.3 Å². The highest BCUT2D eigenvalue weighted by Gasteiger charge is 2.56. The van der Waals surface area contributed by atoms with Crippen LogP contribution in [0.2, 0.25) is 0 Å². The number of nitrogens with zero attached hydrogens (tertiary/aromatic N) is 1. The molecule has 0 radical (unpaired) electrons. The van der Waals surface area contributed by atoms with E-state index in [0.717, 1.165) is 33.8 Å². The number of hydrazone groups is 1. The van der Waals surface area contributed by atoms with Crippen molar-refractivity contribution in [2.45, 2.75) is 17.6 Å². The van der Waals surface area contributed by atoms with Crippen LogP contribution in [0.15, 0.2) is 151 Å². The summed E-state index contributed by atoms with van der Waals surface area (Å²) in [5.74, 6) is 3.01. The van der Waals surface area contributed by atoms with E-state index in [4.69, 9.17) is 9.47 Å². The number of ether oxygens (including phenoxy) is 2. The fraction of sp³-hybridized carbons (Fsp3) is 0.103. The highest BCUT2D eigenvalue weighted by molar-refractivity contribution is 5.94. The van der Waals surface area contributed by atoms with Crippen molar-refractivity contribution in [3.05, 3.63) is 179 Å². The Balaban J connectivity index is 1.13. The molecule has 0 fully saturated rings. The number of nitrogens with one attached hydrogen (secondary N) is 1. The van der Waals surface area contributed by atoms with E-state index in [2.05, 4.69) is 126 Å². The van der Waals surface area contributed by atoms with Crippen molar-refractivity contribution in [3.8, 4) is 22.6 Å². The summed E-state index contributed by atoms with van der Waals surface area (Å²) in [6.07, 6.45) is 8.81. The summed E-state index contributed by atoms with van der Waals surface area (Å²) in [6.45, 7) is 0. The van der Waals surface area contributed by atoms with Crippen LogP contribution in [0.1, 0.15) is 45.5 Å². The Morgan fingerprint density at radius 2 is 1.35 bits per heavy atom. The van der Waals surface area contributed by atoms with Gasteiger partial charge in [0.2, 0.25) is 12.1 Å². The molecule has 1 spiro atoms. The summed E-state index contributed by atoms with van der Waals surface area (Å²) < 4.78 is 12.9. The lowest BCUT2D eigenvalue weighted by molar-refractivity contribution is 0.192. The Morgan fingerprint density at radius 3 is 2.28 bits per heavy atom. The van der Waals surface area contributed by atoms with Gasteiger partial charge in [0, 0.05) is 34.1 Å². The number of benzene rings is 5. The minimum absolute atomic E-state index is 0.261. The van der Waals surface area contributed by atoms with Crippen LogP contribution in [0.5, 0.6) is 11.5 Å². The van der Waals surface area contributed by atoms with E-state index < -0.39 is 0 Å². The van der Waals surface area contributed by atoms with Crippen LogP contribution < -0.4 is 10.2 Å². The minimum atomic E-state index is -0.350. The molecule has 1 N–H and O–H groups in total. The first-order valence-electron chi connectivity index (χ1n) is 14.8.